The molecule has 1 atom stereocenters. The van der Waals surface area contributed by atoms with E-state index in [0.717, 1.165) is 18.5 Å². The average Bonchev–Trinajstić information content (AvgIpc) is 2.42. The number of nitrogens with one attached hydrogen (secondary N) is 2. The molecule has 7 heteroatoms. The maximum absolute atomic E-state index is 11.3. The average molecular weight is 330 g/mol. The summed E-state index contributed by atoms with van der Waals surface area (Å²) in [4.78, 5) is 2.46. The number of fused-ring (bicyclic) bond motifs is 3. The van der Waals surface area contributed by atoms with Gasteiger partial charge in [0, 0.05) is 12.6 Å². The molecule has 2 N–H and O–H groups in total. The fourth-order valence-electron chi connectivity index (χ4n) is 3.24. The lowest BCUT2D eigenvalue weighted by Crippen LogP contribution is -2.53. The molecule has 5 nitrogen and oxygen atoms in total. The van der Waals surface area contributed by atoms with Gasteiger partial charge in [-0.05, 0) is 50.0 Å². The summed E-state index contributed by atoms with van der Waals surface area (Å²) in [6.45, 7) is 3.41. The molecule has 0 spiro atoms. The van der Waals surface area contributed by atoms with E-state index in [2.05, 4.69) is 14.9 Å². The number of nitrogens with zero attached hydrogens (tertiary/aromatic N) is 1. The molecule has 1 aromatic rings. The zero-order chi connectivity index (χ0) is 15.0. The van der Waals surface area contributed by atoms with Gasteiger partial charge in [-0.25, -0.2) is 8.42 Å². The minimum Gasteiger partial charge on any atom is -0.379 e. The molecule has 0 aromatic heterocycles. The molecule has 3 fully saturated rings. The van der Waals surface area contributed by atoms with Crippen molar-refractivity contribution in [1.82, 2.24) is 4.90 Å². The van der Waals surface area contributed by atoms with Gasteiger partial charge in [0.15, 0.2) is 0 Å². The van der Waals surface area contributed by atoms with Crippen molar-refractivity contribution < 1.29 is 8.42 Å². The molecule has 3 aliphatic heterocycles. The summed E-state index contributed by atoms with van der Waals surface area (Å²) in [7, 11) is -3.28. The van der Waals surface area contributed by atoms with Crippen LogP contribution in [-0.2, 0) is 10.0 Å². The van der Waals surface area contributed by atoms with E-state index < -0.39 is 10.0 Å². The molecule has 1 aromatic carbocycles. The van der Waals surface area contributed by atoms with E-state index >= 15 is 0 Å². The number of hydrogen-bond acceptors (Lipinski definition) is 4. The number of sulfonamides is 1. The Labute approximate surface area is 130 Å². The Morgan fingerprint density at radius 1 is 1.29 bits per heavy atom. The lowest BCUT2D eigenvalue weighted by atomic mass is 9.84. The second kappa shape index (κ2) is 5.66. The van der Waals surface area contributed by atoms with Crippen molar-refractivity contribution in [1.29, 1.82) is 0 Å². The number of piperidine rings is 3. The Hall–Kier alpha value is -0.980. The first kappa shape index (κ1) is 14.9. The Balaban J connectivity index is 1.77. The van der Waals surface area contributed by atoms with Crippen molar-refractivity contribution in [2.45, 2.75) is 18.9 Å². The third kappa shape index (κ3) is 3.62. The van der Waals surface area contributed by atoms with Crippen molar-refractivity contribution in [2.24, 2.45) is 5.92 Å². The van der Waals surface area contributed by atoms with E-state index in [1.165, 1.54) is 25.9 Å². The fourth-order valence-corrected chi connectivity index (χ4v) is 3.97. The van der Waals surface area contributed by atoms with Crippen LogP contribution in [0.4, 0.5) is 11.4 Å². The first-order valence-electron chi connectivity index (χ1n) is 7.17. The van der Waals surface area contributed by atoms with E-state index in [1.807, 2.05) is 0 Å². The summed E-state index contributed by atoms with van der Waals surface area (Å²) >= 11 is 6.24. The van der Waals surface area contributed by atoms with Crippen LogP contribution < -0.4 is 10.0 Å². The Morgan fingerprint density at radius 2 is 2.00 bits per heavy atom. The summed E-state index contributed by atoms with van der Waals surface area (Å²) in [6.07, 6.45) is 3.58. The Kier molecular flexibility index (Phi) is 4.03. The monoisotopic (exact) mass is 329 g/mol. The van der Waals surface area contributed by atoms with Crippen molar-refractivity contribution in [3.63, 3.8) is 0 Å². The number of rotatable bonds is 4. The minimum atomic E-state index is -3.28. The highest BCUT2D eigenvalue weighted by Gasteiger charge is 2.34. The molecule has 116 valence electrons. The molecule has 3 heterocycles. The fraction of sp³-hybridized carbons (Fsp3) is 0.571. The Morgan fingerprint density at radius 3 is 2.57 bits per heavy atom. The highest BCUT2D eigenvalue weighted by Crippen LogP contribution is 2.33. The topological polar surface area (TPSA) is 61.4 Å². The maximum Gasteiger partial charge on any atom is 0.229 e. The summed E-state index contributed by atoms with van der Waals surface area (Å²) < 4.78 is 25.1. The first-order valence-corrected chi connectivity index (χ1v) is 9.44. The second-order valence-corrected chi connectivity index (χ2v) is 8.11. The van der Waals surface area contributed by atoms with Crippen LogP contribution in [0.15, 0.2) is 18.2 Å². The smallest absolute Gasteiger partial charge is 0.229 e. The van der Waals surface area contributed by atoms with Gasteiger partial charge in [-0.1, -0.05) is 11.6 Å². The van der Waals surface area contributed by atoms with Crippen LogP contribution in [0.3, 0.4) is 0 Å². The van der Waals surface area contributed by atoms with Gasteiger partial charge in [-0.15, -0.1) is 0 Å². The van der Waals surface area contributed by atoms with E-state index in [-0.39, 0.29) is 0 Å². The minimum absolute atomic E-state index is 0.387. The third-order valence-corrected chi connectivity index (χ3v) is 5.20. The van der Waals surface area contributed by atoms with Gasteiger partial charge in [-0.3, -0.25) is 4.72 Å². The molecule has 3 aliphatic rings. The van der Waals surface area contributed by atoms with Crippen molar-refractivity contribution in [3.05, 3.63) is 23.2 Å². The molecule has 1 unspecified atom stereocenters. The van der Waals surface area contributed by atoms with E-state index in [0.29, 0.717) is 22.7 Å². The number of anilines is 2. The van der Waals surface area contributed by atoms with Crippen LogP contribution in [0.1, 0.15) is 12.8 Å². The van der Waals surface area contributed by atoms with Gasteiger partial charge in [-0.2, -0.15) is 0 Å². The maximum atomic E-state index is 11.3. The highest BCUT2D eigenvalue weighted by molar-refractivity contribution is 7.92. The molecular weight excluding hydrogens is 310 g/mol. The largest absolute Gasteiger partial charge is 0.379 e. The van der Waals surface area contributed by atoms with E-state index in [9.17, 15) is 8.42 Å². The zero-order valence-electron chi connectivity index (χ0n) is 12.0. The molecule has 2 bridgehead atoms. The van der Waals surface area contributed by atoms with Crippen molar-refractivity contribution in [3.8, 4) is 0 Å². The summed E-state index contributed by atoms with van der Waals surface area (Å²) in [5, 5.41) is 4.11. The quantitative estimate of drug-likeness (QED) is 0.889. The summed E-state index contributed by atoms with van der Waals surface area (Å²) in [6, 6.07) is 5.55. The lowest BCUT2D eigenvalue weighted by Gasteiger charge is -2.45. The van der Waals surface area contributed by atoms with Crippen molar-refractivity contribution in [2.75, 3.05) is 35.9 Å². The molecule has 0 amide bonds. The Bertz CT molecular complexity index is 627. The molecular formula is C14H20ClN3O2S. The first-order chi connectivity index (χ1) is 9.90. The predicted octanol–water partition coefficient (Wildman–Crippen LogP) is 2.22. The summed E-state index contributed by atoms with van der Waals surface area (Å²) in [5.41, 5.74) is 1.33. The molecule has 0 aliphatic carbocycles. The molecule has 4 rings (SSSR count). The number of benzene rings is 1. The lowest BCUT2D eigenvalue weighted by molar-refractivity contribution is 0.0975. The van der Waals surface area contributed by atoms with Crippen LogP contribution >= 0.6 is 11.6 Å². The second-order valence-electron chi connectivity index (χ2n) is 5.96. The van der Waals surface area contributed by atoms with Gasteiger partial charge in [0.2, 0.25) is 10.0 Å². The summed E-state index contributed by atoms with van der Waals surface area (Å²) in [5.74, 6) is 0.678. The van der Waals surface area contributed by atoms with Crippen molar-refractivity contribution >= 4 is 33.0 Å². The van der Waals surface area contributed by atoms with Gasteiger partial charge in [0.05, 0.1) is 22.7 Å². The van der Waals surface area contributed by atoms with Crippen LogP contribution in [0.25, 0.3) is 0 Å². The SMILES string of the molecule is CS(=O)(=O)Nc1ccc(Cl)c(NC2CN3CCC2CC3)c1. The predicted molar refractivity (Wildman–Crippen MR) is 86.5 cm³/mol. The van der Waals surface area contributed by atoms with Gasteiger partial charge >= 0.3 is 0 Å². The van der Waals surface area contributed by atoms with Crippen LogP contribution in [-0.4, -0.2) is 45.2 Å². The van der Waals surface area contributed by atoms with Gasteiger partial charge in [0.1, 0.15) is 0 Å². The number of halogens is 1. The standard InChI is InChI=1S/C14H20ClN3O2S/c1-21(19,20)17-11-2-3-12(15)13(8-11)16-14-9-18-6-4-10(14)5-7-18/h2-3,8,10,14,16-17H,4-7,9H2,1H3. The normalized spacial score (nSPS) is 28.4. The third-order valence-electron chi connectivity index (χ3n) is 4.27. The molecule has 0 radical (unpaired) electrons. The number of hydrogen-bond donors (Lipinski definition) is 2. The van der Waals surface area contributed by atoms with Crippen LogP contribution in [0, 0.1) is 5.92 Å². The van der Waals surface area contributed by atoms with Crippen LogP contribution in [0.5, 0.6) is 0 Å². The molecule has 3 saturated heterocycles. The van der Waals surface area contributed by atoms with Gasteiger partial charge in [0.25, 0.3) is 0 Å². The molecule has 0 saturated carbocycles. The van der Waals surface area contributed by atoms with Crippen LogP contribution in [0.2, 0.25) is 5.02 Å². The highest BCUT2D eigenvalue weighted by atomic mass is 35.5. The van der Waals surface area contributed by atoms with E-state index in [1.54, 1.807) is 18.2 Å². The van der Waals surface area contributed by atoms with Gasteiger partial charge < -0.3 is 10.2 Å². The zero-order valence-corrected chi connectivity index (χ0v) is 13.5. The van der Waals surface area contributed by atoms with E-state index in [4.69, 9.17) is 11.6 Å². The molecule has 21 heavy (non-hydrogen) atoms.